The van der Waals surface area contributed by atoms with Crippen LogP contribution in [0.1, 0.15) is 30.6 Å². The third-order valence-corrected chi connectivity index (χ3v) is 6.64. The molecule has 162 valence electrons. The van der Waals surface area contributed by atoms with Crippen LogP contribution >= 0.6 is 35.3 Å². The van der Waals surface area contributed by atoms with Crippen LogP contribution in [0.3, 0.4) is 0 Å². The number of carbonyl (C=O) groups excluding carboxylic acids is 2. The number of amides is 2. The van der Waals surface area contributed by atoms with Crippen LogP contribution in [0, 0.1) is 10.1 Å². The van der Waals surface area contributed by atoms with Crippen LogP contribution in [0.5, 0.6) is 5.75 Å². The normalized spacial score (nSPS) is 15.0. The molecule has 1 aliphatic heterocycles. The van der Waals surface area contributed by atoms with Crippen molar-refractivity contribution < 1.29 is 19.6 Å². The number of hydrogen-bond donors (Lipinski definition) is 2. The summed E-state index contributed by atoms with van der Waals surface area (Å²) in [6, 6.07) is 7.37. The maximum atomic E-state index is 12.5. The van der Waals surface area contributed by atoms with Gasteiger partial charge in [-0.15, -0.1) is 11.3 Å². The molecule has 2 aromatic rings. The summed E-state index contributed by atoms with van der Waals surface area (Å²) in [5.74, 6) is -0.740. The molecule has 2 amide bonds. The van der Waals surface area contributed by atoms with Crippen molar-refractivity contribution in [1.82, 2.24) is 4.90 Å². The van der Waals surface area contributed by atoms with Crippen molar-refractivity contribution in [3.63, 3.8) is 0 Å². The van der Waals surface area contributed by atoms with Gasteiger partial charge in [0, 0.05) is 23.9 Å². The fourth-order valence-electron chi connectivity index (χ4n) is 2.88. The van der Waals surface area contributed by atoms with Gasteiger partial charge in [0.1, 0.15) is 10.1 Å². The SMILES string of the molecule is O=C(CCCCCN1C(=O)C(=Cc2cccs2)SC1=S)Nc1ccc([N+](=O)[O-])cc1O. The molecular formula is C20H19N3O5S3. The lowest BCUT2D eigenvalue weighted by Gasteiger charge is -2.14. The van der Waals surface area contributed by atoms with Gasteiger partial charge < -0.3 is 10.4 Å². The number of phenols is 1. The third kappa shape index (κ3) is 6.12. The van der Waals surface area contributed by atoms with E-state index in [0.29, 0.717) is 28.6 Å². The Morgan fingerprint density at radius 3 is 2.77 bits per heavy atom. The first kappa shape index (κ1) is 22.9. The van der Waals surface area contributed by atoms with Crippen molar-refractivity contribution in [2.75, 3.05) is 11.9 Å². The van der Waals surface area contributed by atoms with Crippen LogP contribution in [0.15, 0.2) is 40.6 Å². The number of thiophene rings is 1. The minimum atomic E-state index is -0.623. The first-order chi connectivity index (χ1) is 14.8. The fourth-order valence-corrected chi connectivity index (χ4v) is 4.91. The van der Waals surface area contributed by atoms with Gasteiger partial charge in [0.2, 0.25) is 5.91 Å². The summed E-state index contributed by atoms with van der Waals surface area (Å²) >= 11 is 8.18. The third-order valence-electron chi connectivity index (χ3n) is 4.44. The molecule has 1 aliphatic rings. The Morgan fingerprint density at radius 1 is 1.29 bits per heavy atom. The van der Waals surface area contributed by atoms with Crippen LogP contribution in [0.25, 0.3) is 6.08 Å². The number of anilines is 1. The van der Waals surface area contributed by atoms with Crippen molar-refractivity contribution in [2.45, 2.75) is 25.7 Å². The number of non-ortho nitro benzene ring substituents is 1. The zero-order chi connectivity index (χ0) is 22.4. The lowest BCUT2D eigenvalue weighted by atomic mass is 10.1. The van der Waals surface area contributed by atoms with Crippen LogP contribution in [-0.4, -0.2) is 37.6 Å². The molecular weight excluding hydrogens is 458 g/mol. The van der Waals surface area contributed by atoms with Crippen molar-refractivity contribution >= 4 is 68.9 Å². The molecule has 0 bridgehead atoms. The summed E-state index contributed by atoms with van der Waals surface area (Å²) in [6.07, 6.45) is 4.10. The summed E-state index contributed by atoms with van der Waals surface area (Å²) in [5.41, 5.74) is -0.123. The molecule has 0 saturated carbocycles. The van der Waals surface area contributed by atoms with Gasteiger partial charge in [0.25, 0.3) is 11.6 Å². The number of carbonyl (C=O) groups is 2. The number of aromatic hydroxyl groups is 1. The first-order valence-corrected chi connectivity index (χ1v) is 11.5. The minimum absolute atomic E-state index is 0.0882. The quantitative estimate of drug-likeness (QED) is 0.134. The van der Waals surface area contributed by atoms with Crippen LogP contribution in [0.2, 0.25) is 0 Å². The highest BCUT2D eigenvalue weighted by Crippen LogP contribution is 2.33. The average Bonchev–Trinajstić information content (AvgIpc) is 3.32. The van der Waals surface area contributed by atoms with E-state index in [2.05, 4.69) is 5.32 Å². The average molecular weight is 478 g/mol. The number of nitrogens with one attached hydrogen (secondary N) is 1. The predicted octanol–water partition coefficient (Wildman–Crippen LogP) is 4.76. The number of hydrogen-bond acceptors (Lipinski definition) is 8. The molecule has 8 nitrogen and oxygen atoms in total. The van der Waals surface area contributed by atoms with Gasteiger partial charge in [0.15, 0.2) is 0 Å². The number of benzene rings is 1. The molecule has 3 rings (SSSR count). The smallest absolute Gasteiger partial charge is 0.273 e. The zero-order valence-corrected chi connectivity index (χ0v) is 18.7. The minimum Gasteiger partial charge on any atom is -0.506 e. The van der Waals surface area contributed by atoms with Crippen LogP contribution in [0.4, 0.5) is 11.4 Å². The predicted molar refractivity (Wildman–Crippen MR) is 126 cm³/mol. The molecule has 2 N–H and O–H groups in total. The fraction of sp³-hybridized carbons (Fsp3) is 0.250. The van der Waals surface area contributed by atoms with E-state index < -0.39 is 4.92 Å². The van der Waals surface area contributed by atoms with E-state index in [1.165, 1.54) is 23.9 Å². The van der Waals surface area contributed by atoms with Crippen LogP contribution < -0.4 is 5.32 Å². The van der Waals surface area contributed by atoms with Gasteiger partial charge in [-0.1, -0.05) is 36.5 Å². The standard InChI is InChI=1S/C20H19N3O5S3/c24-16-11-13(23(27)28)7-8-15(16)21-18(25)6-2-1-3-9-22-19(26)17(31-20(22)29)12-14-5-4-10-30-14/h4-5,7-8,10-12,24H,1-3,6,9H2,(H,21,25). The number of phenolic OH excluding ortho intramolecular Hbond substituents is 1. The molecule has 1 saturated heterocycles. The molecule has 0 aliphatic carbocycles. The molecule has 2 heterocycles. The molecule has 31 heavy (non-hydrogen) atoms. The van der Waals surface area contributed by atoms with Gasteiger partial charge in [-0.05, 0) is 36.4 Å². The Balaban J connectivity index is 1.40. The molecule has 0 atom stereocenters. The van der Waals surface area contributed by atoms with Crippen molar-refractivity contribution in [1.29, 1.82) is 0 Å². The number of rotatable bonds is 9. The summed E-state index contributed by atoms with van der Waals surface area (Å²) in [6.45, 7) is 0.497. The number of nitro benzene ring substituents is 1. The number of thioether (sulfide) groups is 1. The largest absolute Gasteiger partial charge is 0.506 e. The molecule has 1 aromatic heterocycles. The summed E-state index contributed by atoms with van der Waals surface area (Å²) in [7, 11) is 0. The van der Waals surface area contributed by atoms with Gasteiger partial charge in [0.05, 0.1) is 21.6 Å². The molecule has 0 spiro atoms. The van der Waals surface area contributed by atoms with Gasteiger partial charge in [-0.2, -0.15) is 0 Å². The first-order valence-electron chi connectivity index (χ1n) is 9.41. The van der Waals surface area contributed by atoms with E-state index in [1.54, 1.807) is 16.2 Å². The van der Waals surface area contributed by atoms with E-state index in [1.807, 2.05) is 23.6 Å². The Hall–Kier alpha value is -2.76. The molecule has 0 unspecified atom stereocenters. The highest BCUT2D eigenvalue weighted by molar-refractivity contribution is 8.26. The maximum Gasteiger partial charge on any atom is 0.273 e. The summed E-state index contributed by atoms with van der Waals surface area (Å²) in [5, 5.41) is 25.0. The molecule has 1 fully saturated rings. The lowest BCUT2D eigenvalue weighted by Crippen LogP contribution is -2.29. The Kier molecular flexibility index (Phi) is 7.77. The van der Waals surface area contributed by atoms with E-state index in [9.17, 15) is 24.8 Å². The highest BCUT2D eigenvalue weighted by Gasteiger charge is 2.31. The van der Waals surface area contributed by atoms with Crippen LogP contribution in [-0.2, 0) is 9.59 Å². The zero-order valence-electron chi connectivity index (χ0n) is 16.3. The second-order valence-corrected chi connectivity index (χ2v) is 9.32. The number of nitrogens with zero attached hydrogens (tertiary/aromatic N) is 2. The van der Waals surface area contributed by atoms with Gasteiger partial charge >= 0.3 is 0 Å². The Bertz CT molecular complexity index is 1040. The highest BCUT2D eigenvalue weighted by atomic mass is 32.2. The van der Waals surface area contributed by atoms with E-state index >= 15 is 0 Å². The van der Waals surface area contributed by atoms with E-state index in [0.717, 1.165) is 17.4 Å². The Morgan fingerprint density at radius 2 is 2.10 bits per heavy atom. The monoisotopic (exact) mass is 477 g/mol. The number of unbranched alkanes of at least 4 members (excludes halogenated alkanes) is 2. The van der Waals surface area contributed by atoms with Gasteiger partial charge in [-0.3, -0.25) is 24.6 Å². The summed E-state index contributed by atoms with van der Waals surface area (Å²) < 4.78 is 0.541. The molecule has 11 heteroatoms. The topological polar surface area (TPSA) is 113 Å². The second kappa shape index (κ2) is 10.5. The number of nitro groups is 1. The van der Waals surface area contributed by atoms with Gasteiger partial charge in [-0.25, -0.2) is 0 Å². The lowest BCUT2D eigenvalue weighted by molar-refractivity contribution is -0.384. The molecule has 0 radical (unpaired) electrons. The Labute approximate surface area is 192 Å². The number of thiocarbonyl (C=S) groups is 1. The van der Waals surface area contributed by atoms with Crippen molar-refractivity contribution in [2.24, 2.45) is 0 Å². The summed E-state index contributed by atoms with van der Waals surface area (Å²) in [4.78, 5) is 37.9. The molecule has 1 aromatic carbocycles. The van der Waals surface area contributed by atoms with Crippen molar-refractivity contribution in [3.05, 3.63) is 55.6 Å². The van der Waals surface area contributed by atoms with E-state index in [4.69, 9.17) is 12.2 Å². The van der Waals surface area contributed by atoms with Crippen molar-refractivity contribution in [3.8, 4) is 5.75 Å². The van der Waals surface area contributed by atoms with E-state index in [-0.39, 0.29) is 35.4 Å². The maximum absolute atomic E-state index is 12.5. The second-order valence-electron chi connectivity index (χ2n) is 6.67.